The highest BCUT2D eigenvalue weighted by molar-refractivity contribution is 5.75. The molecule has 1 aromatic carbocycles. The lowest BCUT2D eigenvalue weighted by molar-refractivity contribution is 0.466. The van der Waals surface area contributed by atoms with Crippen molar-refractivity contribution in [3.05, 3.63) is 23.3 Å². The Balaban J connectivity index is 2.04. The quantitative estimate of drug-likeness (QED) is 0.717. The maximum Gasteiger partial charge on any atom is 0.0608 e. The van der Waals surface area contributed by atoms with Gasteiger partial charge in [-0.3, -0.25) is 0 Å². The van der Waals surface area contributed by atoms with Crippen LogP contribution >= 0.6 is 0 Å². The van der Waals surface area contributed by atoms with E-state index in [1.54, 1.807) is 0 Å². The van der Waals surface area contributed by atoms with Crippen molar-refractivity contribution < 1.29 is 0 Å². The molecular weight excluding hydrogens is 196 g/mol. The molecule has 2 heterocycles. The number of anilines is 2. The molecular formula is C14H20N2. The van der Waals surface area contributed by atoms with Gasteiger partial charge in [0.15, 0.2) is 0 Å². The van der Waals surface area contributed by atoms with Crippen LogP contribution in [0.4, 0.5) is 11.4 Å². The predicted molar refractivity (Wildman–Crippen MR) is 69.4 cm³/mol. The fourth-order valence-corrected chi connectivity index (χ4v) is 2.94. The second-order valence-corrected chi connectivity index (χ2v) is 5.18. The van der Waals surface area contributed by atoms with Crippen LogP contribution in [0.15, 0.2) is 12.1 Å². The Morgan fingerprint density at radius 1 is 1.19 bits per heavy atom. The SMILES string of the molecule is Cc1cc2c(cc1C)N1CCCCC1CN2. The number of hydrogen-bond acceptors (Lipinski definition) is 2. The van der Waals surface area contributed by atoms with Crippen LogP contribution in [0.2, 0.25) is 0 Å². The van der Waals surface area contributed by atoms with Crippen molar-refractivity contribution in [2.75, 3.05) is 23.3 Å². The van der Waals surface area contributed by atoms with E-state index in [4.69, 9.17) is 0 Å². The van der Waals surface area contributed by atoms with Crippen LogP contribution in [0, 0.1) is 13.8 Å². The van der Waals surface area contributed by atoms with Gasteiger partial charge in [-0.15, -0.1) is 0 Å². The molecule has 1 saturated heterocycles. The van der Waals surface area contributed by atoms with Gasteiger partial charge in [-0.25, -0.2) is 0 Å². The van der Waals surface area contributed by atoms with Crippen molar-refractivity contribution in [3.63, 3.8) is 0 Å². The van der Waals surface area contributed by atoms with Crippen molar-refractivity contribution >= 4 is 11.4 Å². The smallest absolute Gasteiger partial charge is 0.0608 e. The number of fused-ring (bicyclic) bond motifs is 3. The Morgan fingerprint density at radius 3 is 2.88 bits per heavy atom. The Morgan fingerprint density at radius 2 is 2.00 bits per heavy atom. The molecule has 2 aliphatic heterocycles. The largest absolute Gasteiger partial charge is 0.381 e. The molecule has 2 heteroatoms. The van der Waals surface area contributed by atoms with Gasteiger partial charge in [0.2, 0.25) is 0 Å². The number of hydrogen-bond donors (Lipinski definition) is 1. The lowest BCUT2D eigenvalue weighted by Gasteiger charge is -2.43. The van der Waals surface area contributed by atoms with E-state index < -0.39 is 0 Å². The summed E-state index contributed by atoms with van der Waals surface area (Å²) in [5.41, 5.74) is 5.56. The zero-order valence-corrected chi connectivity index (χ0v) is 10.2. The van der Waals surface area contributed by atoms with Crippen molar-refractivity contribution in [3.8, 4) is 0 Å². The first-order valence-electron chi connectivity index (χ1n) is 6.37. The summed E-state index contributed by atoms with van der Waals surface area (Å²) in [5, 5.41) is 3.59. The van der Waals surface area contributed by atoms with E-state index in [0.29, 0.717) is 0 Å². The molecule has 0 aromatic heterocycles. The summed E-state index contributed by atoms with van der Waals surface area (Å²) >= 11 is 0. The topological polar surface area (TPSA) is 15.3 Å². The van der Waals surface area contributed by atoms with Gasteiger partial charge in [0.25, 0.3) is 0 Å². The van der Waals surface area contributed by atoms with E-state index in [-0.39, 0.29) is 0 Å². The first-order valence-corrected chi connectivity index (χ1v) is 6.37. The first kappa shape index (κ1) is 10.0. The first-order chi connectivity index (χ1) is 7.75. The second kappa shape index (κ2) is 3.69. The third kappa shape index (κ3) is 1.48. The maximum absolute atomic E-state index is 3.59. The summed E-state index contributed by atoms with van der Waals surface area (Å²) in [7, 11) is 0. The Bertz CT molecular complexity index is 411. The van der Waals surface area contributed by atoms with Gasteiger partial charge >= 0.3 is 0 Å². The van der Waals surface area contributed by atoms with Crippen LogP contribution in [0.25, 0.3) is 0 Å². The minimum Gasteiger partial charge on any atom is -0.381 e. The van der Waals surface area contributed by atoms with Crippen LogP contribution in [-0.4, -0.2) is 19.1 Å². The molecule has 0 saturated carbocycles. The lowest BCUT2D eigenvalue weighted by Crippen LogP contribution is -2.47. The van der Waals surface area contributed by atoms with Crippen molar-refractivity contribution in [1.82, 2.24) is 0 Å². The van der Waals surface area contributed by atoms with Gasteiger partial charge in [0, 0.05) is 19.1 Å². The summed E-state index contributed by atoms with van der Waals surface area (Å²) < 4.78 is 0. The molecule has 1 N–H and O–H groups in total. The molecule has 0 bridgehead atoms. The number of nitrogens with zero attached hydrogens (tertiary/aromatic N) is 1. The predicted octanol–water partition coefficient (Wildman–Crippen LogP) is 3.09. The number of benzene rings is 1. The standard InChI is InChI=1S/C14H20N2/c1-10-7-13-14(8-11(10)2)16-6-4-3-5-12(16)9-15-13/h7-8,12,15H,3-6,9H2,1-2H3. The van der Waals surface area contributed by atoms with E-state index in [1.165, 1.54) is 48.3 Å². The molecule has 1 fully saturated rings. The summed E-state index contributed by atoms with van der Waals surface area (Å²) in [6.45, 7) is 6.76. The molecule has 2 aliphatic rings. The zero-order chi connectivity index (χ0) is 11.1. The minimum absolute atomic E-state index is 0.725. The molecule has 0 aliphatic carbocycles. The zero-order valence-electron chi connectivity index (χ0n) is 10.2. The number of aryl methyl sites for hydroxylation is 2. The Hall–Kier alpha value is -1.18. The van der Waals surface area contributed by atoms with Crippen molar-refractivity contribution in [2.24, 2.45) is 0 Å². The third-order valence-electron chi connectivity index (χ3n) is 4.08. The summed E-state index contributed by atoms with van der Waals surface area (Å²) in [4.78, 5) is 2.61. The third-order valence-corrected chi connectivity index (χ3v) is 4.08. The summed E-state index contributed by atoms with van der Waals surface area (Å²) in [6, 6.07) is 5.38. The van der Waals surface area contributed by atoms with E-state index >= 15 is 0 Å². The highest BCUT2D eigenvalue weighted by atomic mass is 15.2. The second-order valence-electron chi connectivity index (χ2n) is 5.18. The number of rotatable bonds is 0. The van der Waals surface area contributed by atoms with Crippen molar-refractivity contribution in [1.29, 1.82) is 0 Å². The molecule has 3 rings (SSSR count). The van der Waals surface area contributed by atoms with Gasteiger partial charge in [-0.05, 0) is 56.4 Å². The Kier molecular flexibility index (Phi) is 2.31. The van der Waals surface area contributed by atoms with E-state index in [9.17, 15) is 0 Å². The van der Waals surface area contributed by atoms with E-state index in [2.05, 4.69) is 36.2 Å². The fraction of sp³-hybridized carbons (Fsp3) is 0.571. The van der Waals surface area contributed by atoms with E-state index in [0.717, 1.165) is 12.6 Å². The number of piperidine rings is 1. The summed E-state index contributed by atoms with van der Waals surface area (Å²) in [5.74, 6) is 0. The Labute approximate surface area is 97.6 Å². The van der Waals surface area contributed by atoms with Gasteiger partial charge < -0.3 is 10.2 Å². The van der Waals surface area contributed by atoms with Gasteiger partial charge in [-0.1, -0.05) is 0 Å². The molecule has 0 amide bonds. The fourth-order valence-electron chi connectivity index (χ4n) is 2.94. The average Bonchev–Trinajstić information content (AvgIpc) is 2.31. The van der Waals surface area contributed by atoms with Gasteiger partial charge in [0.1, 0.15) is 0 Å². The van der Waals surface area contributed by atoms with Gasteiger partial charge in [-0.2, -0.15) is 0 Å². The highest BCUT2D eigenvalue weighted by Gasteiger charge is 2.28. The van der Waals surface area contributed by atoms with Crippen LogP contribution in [0.5, 0.6) is 0 Å². The molecule has 1 unspecified atom stereocenters. The molecule has 86 valence electrons. The molecule has 0 radical (unpaired) electrons. The minimum atomic E-state index is 0.725. The lowest BCUT2D eigenvalue weighted by atomic mass is 9.96. The van der Waals surface area contributed by atoms with Crippen LogP contribution in [-0.2, 0) is 0 Å². The highest BCUT2D eigenvalue weighted by Crippen LogP contribution is 2.36. The van der Waals surface area contributed by atoms with Gasteiger partial charge in [0.05, 0.1) is 11.4 Å². The van der Waals surface area contributed by atoms with Crippen LogP contribution in [0.1, 0.15) is 30.4 Å². The molecule has 0 spiro atoms. The van der Waals surface area contributed by atoms with Crippen LogP contribution < -0.4 is 10.2 Å². The monoisotopic (exact) mass is 216 g/mol. The number of nitrogens with one attached hydrogen (secondary N) is 1. The molecule has 1 aromatic rings. The van der Waals surface area contributed by atoms with E-state index in [1.807, 2.05) is 0 Å². The molecule has 16 heavy (non-hydrogen) atoms. The normalized spacial score (nSPS) is 23.4. The average molecular weight is 216 g/mol. The molecule has 2 nitrogen and oxygen atoms in total. The maximum atomic E-state index is 3.59. The summed E-state index contributed by atoms with van der Waals surface area (Å²) in [6.07, 6.45) is 4.09. The van der Waals surface area contributed by atoms with Crippen LogP contribution in [0.3, 0.4) is 0 Å². The molecule has 1 atom stereocenters. The van der Waals surface area contributed by atoms with Crippen molar-refractivity contribution in [2.45, 2.75) is 39.2 Å².